The maximum Gasteiger partial charge on any atom is 0.248 e. The summed E-state index contributed by atoms with van der Waals surface area (Å²) in [6.07, 6.45) is -3.99. The summed E-state index contributed by atoms with van der Waals surface area (Å²) >= 11 is 0. The Kier molecular flexibility index (Phi) is 6.04. The van der Waals surface area contributed by atoms with Gasteiger partial charge in [0.15, 0.2) is 12.1 Å². The zero-order valence-electron chi connectivity index (χ0n) is 17.1. The van der Waals surface area contributed by atoms with Gasteiger partial charge in [0.2, 0.25) is 11.5 Å². The van der Waals surface area contributed by atoms with Crippen LogP contribution in [0.15, 0.2) is 18.5 Å². The summed E-state index contributed by atoms with van der Waals surface area (Å²) in [7, 11) is 0. The van der Waals surface area contributed by atoms with Crippen LogP contribution in [0.3, 0.4) is 0 Å². The van der Waals surface area contributed by atoms with Crippen molar-refractivity contribution in [3.63, 3.8) is 0 Å². The molecule has 0 amide bonds. The van der Waals surface area contributed by atoms with Gasteiger partial charge < -0.3 is 30.5 Å². The number of nitrogens with two attached hydrogens (primary N) is 1. The van der Waals surface area contributed by atoms with E-state index in [0.717, 1.165) is 0 Å². The molecule has 10 nitrogen and oxygen atoms in total. The van der Waals surface area contributed by atoms with Gasteiger partial charge in [-0.05, 0) is 30.9 Å². The van der Waals surface area contributed by atoms with Crippen molar-refractivity contribution in [2.45, 2.75) is 68.2 Å². The van der Waals surface area contributed by atoms with Crippen molar-refractivity contribution in [3.05, 3.63) is 24.2 Å². The SMILES string of the molecule is N#C[C@@]1(c2ccc3c(N)ncnn23)O[C@H](COC(O)CC2CCC(F)(F)CC2)[C@@H](O)[C@H]1O. The number of hydrogen-bond donors (Lipinski definition) is 4. The summed E-state index contributed by atoms with van der Waals surface area (Å²) in [6.45, 7) is -0.313. The van der Waals surface area contributed by atoms with E-state index in [1.807, 2.05) is 6.07 Å². The summed E-state index contributed by atoms with van der Waals surface area (Å²) in [5, 5.41) is 45.3. The first-order valence-corrected chi connectivity index (χ1v) is 10.4. The number of aliphatic hydroxyl groups excluding tert-OH is 3. The van der Waals surface area contributed by atoms with Crippen LogP contribution in [0.5, 0.6) is 0 Å². The van der Waals surface area contributed by atoms with Gasteiger partial charge in [-0.3, -0.25) is 0 Å². The fourth-order valence-electron chi connectivity index (χ4n) is 4.45. The number of aromatic nitrogens is 3. The molecule has 5 atom stereocenters. The number of alkyl halides is 2. The van der Waals surface area contributed by atoms with Crippen molar-refractivity contribution in [2.75, 3.05) is 12.3 Å². The first-order chi connectivity index (χ1) is 15.2. The van der Waals surface area contributed by atoms with E-state index in [1.54, 1.807) is 6.07 Å². The van der Waals surface area contributed by atoms with Gasteiger partial charge in [0.1, 0.15) is 36.2 Å². The zero-order chi connectivity index (χ0) is 23.1. The smallest absolute Gasteiger partial charge is 0.248 e. The van der Waals surface area contributed by atoms with E-state index in [0.29, 0.717) is 18.4 Å². The van der Waals surface area contributed by atoms with Crippen molar-refractivity contribution in [1.29, 1.82) is 5.26 Å². The number of rotatable bonds is 6. The Morgan fingerprint density at radius 1 is 1.34 bits per heavy atom. The van der Waals surface area contributed by atoms with E-state index in [-0.39, 0.29) is 43.3 Å². The molecule has 0 spiro atoms. The van der Waals surface area contributed by atoms with Crippen LogP contribution in [0.25, 0.3) is 5.52 Å². The van der Waals surface area contributed by atoms with Crippen LogP contribution >= 0.6 is 0 Å². The molecular weight excluding hydrogens is 428 g/mol. The molecule has 1 saturated carbocycles. The third-order valence-corrected chi connectivity index (χ3v) is 6.31. The minimum Gasteiger partial charge on any atom is -0.387 e. The molecule has 1 unspecified atom stereocenters. The Morgan fingerprint density at radius 3 is 2.75 bits per heavy atom. The zero-order valence-corrected chi connectivity index (χ0v) is 17.1. The fourth-order valence-corrected chi connectivity index (χ4v) is 4.45. The highest BCUT2D eigenvalue weighted by molar-refractivity contribution is 5.66. The van der Waals surface area contributed by atoms with Gasteiger partial charge in [0.05, 0.1) is 12.3 Å². The molecule has 5 N–H and O–H groups in total. The van der Waals surface area contributed by atoms with Gasteiger partial charge in [0, 0.05) is 19.3 Å². The predicted octanol–water partition coefficient (Wildman–Crippen LogP) is 0.702. The summed E-state index contributed by atoms with van der Waals surface area (Å²) in [4.78, 5) is 3.87. The molecule has 0 bridgehead atoms. The maximum absolute atomic E-state index is 13.3. The first-order valence-electron chi connectivity index (χ1n) is 10.4. The molecule has 1 aliphatic carbocycles. The van der Waals surface area contributed by atoms with E-state index < -0.39 is 36.1 Å². The number of nitrogens with zero attached hydrogens (tertiary/aromatic N) is 4. The second kappa shape index (κ2) is 8.49. The van der Waals surface area contributed by atoms with Crippen LogP contribution in [0.4, 0.5) is 14.6 Å². The van der Waals surface area contributed by atoms with Crippen LogP contribution < -0.4 is 5.73 Å². The molecule has 32 heavy (non-hydrogen) atoms. The predicted molar refractivity (Wildman–Crippen MR) is 105 cm³/mol. The fraction of sp³-hybridized carbons (Fsp3) is 0.650. The quantitative estimate of drug-likeness (QED) is 0.462. The Balaban J connectivity index is 1.43. The normalized spacial score (nSPS) is 31.6. The van der Waals surface area contributed by atoms with Crippen LogP contribution in [-0.4, -0.2) is 67.0 Å². The molecule has 0 aromatic carbocycles. The molecule has 174 valence electrons. The lowest BCUT2D eigenvalue weighted by Gasteiger charge is -2.29. The Hall–Kier alpha value is -2.43. The molecule has 3 heterocycles. The molecule has 12 heteroatoms. The molecule has 2 aromatic rings. The number of ether oxygens (including phenoxy) is 2. The average Bonchev–Trinajstić information content (AvgIpc) is 3.30. The highest BCUT2D eigenvalue weighted by Crippen LogP contribution is 2.41. The average molecular weight is 453 g/mol. The topological polar surface area (TPSA) is 159 Å². The number of anilines is 1. The number of hydrogen-bond acceptors (Lipinski definition) is 9. The van der Waals surface area contributed by atoms with Crippen molar-refractivity contribution in [2.24, 2.45) is 5.92 Å². The lowest BCUT2D eigenvalue weighted by atomic mass is 9.84. The molecule has 1 aliphatic heterocycles. The third kappa shape index (κ3) is 4.02. The van der Waals surface area contributed by atoms with Crippen LogP contribution in [0, 0.1) is 17.2 Å². The van der Waals surface area contributed by atoms with Crippen LogP contribution in [0.1, 0.15) is 37.8 Å². The van der Waals surface area contributed by atoms with Gasteiger partial charge in [-0.15, -0.1) is 0 Å². The largest absolute Gasteiger partial charge is 0.387 e. The summed E-state index contributed by atoms with van der Waals surface area (Å²) in [5.74, 6) is -2.59. The second-order valence-corrected chi connectivity index (χ2v) is 8.42. The molecule has 0 radical (unpaired) electrons. The Morgan fingerprint density at radius 2 is 2.06 bits per heavy atom. The van der Waals surface area contributed by atoms with Crippen LogP contribution in [0.2, 0.25) is 0 Å². The summed E-state index contributed by atoms with van der Waals surface area (Å²) < 4.78 is 39.0. The van der Waals surface area contributed by atoms with E-state index in [9.17, 15) is 29.4 Å². The van der Waals surface area contributed by atoms with Gasteiger partial charge in [0.25, 0.3) is 0 Å². The molecule has 4 rings (SSSR count). The van der Waals surface area contributed by atoms with Crippen LogP contribution in [-0.2, 0) is 15.1 Å². The molecule has 1 saturated heterocycles. The number of nitriles is 1. The van der Waals surface area contributed by atoms with E-state index in [1.165, 1.54) is 16.9 Å². The highest BCUT2D eigenvalue weighted by atomic mass is 19.3. The number of aliphatic hydroxyl groups is 3. The number of halogens is 2. The molecule has 2 aromatic heterocycles. The standard InChI is InChI=1S/C20H25F2N5O5/c21-19(22)5-3-11(4-6-19)7-15(28)31-8-13-16(29)17(30)20(9-23,32-13)14-2-1-12-18(24)25-10-26-27(12)14/h1-2,10-11,13,15-17,28-30H,3-8H2,(H2,24,25,26)/t13-,15?,16-,17-,20+/m1/s1. The molecular formula is C20H25F2N5O5. The minimum absolute atomic E-state index is 0.0972. The van der Waals surface area contributed by atoms with Crippen molar-refractivity contribution in [3.8, 4) is 6.07 Å². The van der Waals surface area contributed by atoms with E-state index >= 15 is 0 Å². The molecule has 2 fully saturated rings. The lowest BCUT2D eigenvalue weighted by molar-refractivity contribution is -0.156. The van der Waals surface area contributed by atoms with Gasteiger partial charge in [-0.2, -0.15) is 10.4 Å². The Bertz CT molecular complexity index is 1000. The maximum atomic E-state index is 13.3. The number of nitrogen functional groups attached to an aromatic ring is 1. The highest BCUT2D eigenvalue weighted by Gasteiger charge is 2.57. The first kappa shape index (κ1) is 22.8. The van der Waals surface area contributed by atoms with Gasteiger partial charge in [-0.25, -0.2) is 18.3 Å². The van der Waals surface area contributed by atoms with Crippen molar-refractivity contribution < 1.29 is 33.6 Å². The van der Waals surface area contributed by atoms with Crippen molar-refractivity contribution >= 4 is 11.3 Å². The van der Waals surface area contributed by atoms with Gasteiger partial charge in [-0.1, -0.05) is 0 Å². The van der Waals surface area contributed by atoms with Crippen molar-refractivity contribution in [1.82, 2.24) is 14.6 Å². The second-order valence-electron chi connectivity index (χ2n) is 8.42. The van der Waals surface area contributed by atoms with Gasteiger partial charge >= 0.3 is 0 Å². The summed E-state index contributed by atoms with van der Waals surface area (Å²) in [5.41, 5.74) is 4.41. The number of fused-ring (bicyclic) bond motifs is 1. The monoisotopic (exact) mass is 453 g/mol. The minimum atomic E-state index is -2.65. The van der Waals surface area contributed by atoms with E-state index in [2.05, 4.69) is 10.1 Å². The summed E-state index contributed by atoms with van der Waals surface area (Å²) in [6, 6.07) is 4.98. The molecule has 2 aliphatic rings. The third-order valence-electron chi connectivity index (χ3n) is 6.31. The Labute approximate surface area is 182 Å². The van der Waals surface area contributed by atoms with E-state index in [4.69, 9.17) is 15.2 Å². The lowest BCUT2D eigenvalue weighted by Crippen LogP contribution is -2.41.